The second kappa shape index (κ2) is 7.67. The van der Waals surface area contributed by atoms with Crippen molar-refractivity contribution < 1.29 is 18.6 Å². The predicted octanol–water partition coefficient (Wildman–Crippen LogP) is 3.59. The van der Waals surface area contributed by atoms with Crippen molar-refractivity contribution >= 4 is 24.1 Å². The summed E-state index contributed by atoms with van der Waals surface area (Å²) in [4.78, 5) is 11.7. The quantitative estimate of drug-likeness (QED) is 0.614. The summed E-state index contributed by atoms with van der Waals surface area (Å²) < 4.78 is 22.2. The van der Waals surface area contributed by atoms with E-state index < -0.39 is 18.9 Å². The highest BCUT2D eigenvalue weighted by atomic mass is 35.7. The van der Waals surface area contributed by atoms with Crippen LogP contribution in [0.1, 0.15) is 20.8 Å². The molecular formula is C13H19ClNO4P. The molecular weight excluding hydrogens is 301 g/mol. The second-order valence-corrected chi connectivity index (χ2v) is 7.49. The third kappa shape index (κ3) is 6.42. The SMILES string of the molecule is CC(C)COC(=O)[C@H](C)NP(=O)(Cl)Oc1ccccc1. The van der Waals surface area contributed by atoms with Crippen LogP contribution in [-0.2, 0) is 14.1 Å². The molecule has 5 nitrogen and oxygen atoms in total. The lowest BCUT2D eigenvalue weighted by atomic mass is 10.2. The molecule has 0 fully saturated rings. The standard InChI is InChI=1S/C13H19ClNO4P/c1-10(2)9-18-13(16)11(3)15-20(14,17)19-12-7-5-4-6-8-12/h4-8,10-11H,9H2,1-3H3,(H,15,17)/t11-,20?/m0/s1. The monoisotopic (exact) mass is 319 g/mol. The molecule has 0 aliphatic carbocycles. The molecule has 1 N–H and O–H groups in total. The van der Waals surface area contributed by atoms with Crippen LogP contribution < -0.4 is 9.61 Å². The van der Waals surface area contributed by atoms with Crippen molar-refractivity contribution in [1.29, 1.82) is 0 Å². The summed E-state index contributed by atoms with van der Waals surface area (Å²) in [6.45, 7) is 2.03. The zero-order valence-corrected chi connectivity index (χ0v) is 13.4. The Morgan fingerprint density at radius 3 is 2.45 bits per heavy atom. The second-order valence-electron chi connectivity index (χ2n) is 4.76. The molecule has 0 amide bonds. The largest absolute Gasteiger partial charge is 0.464 e. The maximum Gasteiger partial charge on any atom is 0.409 e. The van der Waals surface area contributed by atoms with Crippen molar-refractivity contribution in [3.63, 3.8) is 0 Å². The van der Waals surface area contributed by atoms with Gasteiger partial charge in [0.2, 0.25) is 0 Å². The number of hydrogen-bond donors (Lipinski definition) is 1. The Hall–Kier alpha value is -1.03. The molecule has 1 aromatic carbocycles. The van der Waals surface area contributed by atoms with E-state index in [1.165, 1.54) is 6.92 Å². The van der Waals surface area contributed by atoms with E-state index in [2.05, 4.69) is 5.09 Å². The molecule has 0 bridgehead atoms. The molecule has 0 aliphatic rings. The van der Waals surface area contributed by atoms with Crippen LogP contribution >= 0.6 is 18.1 Å². The summed E-state index contributed by atoms with van der Waals surface area (Å²) in [6.07, 6.45) is 0. The lowest BCUT2D eigenvalue weighted by Crippen LogP contribution is -2.33. The number of para-hydroxylation sites is 1. The minimum atomic E-state index is -3.65. The van der Waals surface area contributed by atoms with Crippen molar-refractivity contribution in [2.24, 2.45) is 5.92 Å². The van der Waals surface area contributed by atoms with Gasteiger partial charge >= 0.3 is 12.8 Å². The summed E-state index contributed by atoms with van der Waals surface area (Å²) in [5.74, 6) is 0.0758. The Kier molecular flexibility index (Phi) is 6.53. The van der Waals surface area contributed by atoms with E-state index in [-0.39, 0.29) is 5.92 Å². The molecule has 1 aromatic rings. The van der Waals surface area contributed by atoms with E-state index in [9.17, 15) is 9.36 Å². The Balaban J connectivity index is 2.53. The van der Waals surface area contributed by atoms with Crippen LogP contribution in [0.15, 0.2) is 30.3 Å². The Morgan fingerprint density at radius 2 is 1.90 bits per heavy atom. The van der Waals surface area contributed by atoms with Crippen LogP contribution in [0, 0.1) is 5.92 Å². The fourth-order valence-electron chi connectivity index (χ4n) is 1.30. The van der Waals surface area contributed by atoms with E-state index in [0.717, 1.165) is 0 Å². The third-order valence-electron chi connectivity index (χ3n) is 2.23. The van der Waals surface area contributed by atoms with E-state index in [1.807, 2.05) is 13.8 Å². The first-order valence-electron chi connectivity index (χ1n) is 6.29. The number of benzene rings is 1. The van der Waals surface area contributed by atoms with E-state index >= 15 is 0 Å². The van der Waals surface area contributed by atoms with Crippen LogP contribution in [0.25, 0.3) is 0 Å². The first-order valence-corrected chi connectivity index (χ1v) is 8.82. The van der Waals surface area contributed by atoms with Gasteiger partial charge in [0.1, 0.15) is 11.8 Å². The number of ether oxygens (including phenoxy) is 1. The number of halogens is 1. The average molecular weight is 320 g/mol. The molecule has 112 valence electrons. The van der Waals surface area contributed by atoms with Crippen molar-refractivity contribution in [3.8, 4) is 5.75 Å². The first-order chi connectivity index (χ1) is 9.30. The Morgan fingerprint density at radius 1 is 1.30 bits per heavy atom. The van der Waals surface area contributed by atoms with E-state index in [1.54, 1.807) is 30.3 Å². The van der Waals surface area contributed by atoms with Gasteiger partial charge in [0.15, 0.2) is 0 Å². The molecule has 1 unspecified atom stereocenters. The normalized spacial score (nSPS) is 15.4. The van der Waals surface area contributed by atoms with E-state index in [4.69, 9.17) is 20.5 Å². The van der Waals surface area contributed by atoms with Gasteiger partial charge in [-0.15, -0.1) is 0 Å². The molecule has 0 saturated carbocycles. The van der Waals surface area contributed by atoms with Gasteiger partial charge in [0.25, 0.3) is 0 Å². The van der Waals surface area contributed by atoms with Crippen molar-refractivity contribution in [3.05, 3.63) is 30.3 Å². The highest BCUT2D eigenvalue weighted by Gasteiger charge is 2.28. The molecule has 0 heterocycles. The van der Waals surface area contributed by atoms with E-state index in [0.29, 0.717) is 12.4 Å². The molecule has 0 radical (unpaired) electrons. The predicted molar refractivity (Wildman–Crippen MR) is 78.9 cm³/mol. The molecule has 7 heteroatoms. The van der Waals surface area contributed by atoms with Gasteiger partial charge < -0.3 is 9.26 Å². The maximum absolute atomic E-state index is 12.1. The van der Waals surface area contributed by atoms with Crippen LogP contribution in [0.2, 0.25) is 0 Å². The smallest absolute Gasteiger partial charge is 0.409 e. The fraction of sp³-hybridized carbons (Fsp3) is 0.462. The van der Waals surface area contributed by atoms with Crippen LogP contribution in [0.5, 0.6) is 5.75 Å². The zero-order valence-electron chi connectivity index (χ0n) is 11.7. The van der Waals surface area contributed by atoms with Crippen molar-refractivity contribution in [2.45, 2.75) is 26.8 Å². The molecule has 0 spiro atoms. The zero-order chi connectivity index (χ0) is 15.2. The van der Waals surface area contributed by atoms with Gasteiger partial charge in [0.05, 0.1) is 6.61 Å². The number of esters is 1. The summed E-state index contributed by atoms with van der Waals surface area (Å²) >= 11 is 5.79. The Labute approximate surface area is 123 Å². The number of nitrogens with one attached hydrogen (secondary N) is 1. The summed E-state index contributed by atoms with van der Waals surface area (Å²) in [5.41, 5.74) is 0. The van der Waals surface area contributed by atoms with Crippen LogP contribution in [-0.4, -0.2) is 18.6 Å². The Bertz CT molecular complexity index is 481. The lowest BCUT2D eigenvalue weighted by Gasteiger charge is -2.18. The number of rotatable bonds is 7. The number of hydrogen-bond acceptors (Lipinski definition) is 4. The van der Waals surface area contributed by atoms with Crippen LogP contribution in [0.4, 0.5) is 0 Å². The summed E-state index contributed by atoms with van der Waals surface area (Å²) in [7, 11) is 0. The third-order valence-corrected chi connectivity index (χ3v) is 3.87. The van der Waals surface area contributed by atoms with Gasteiger partial charge in [-0.05, 0) is 25.0 Å². The molecule has 2 atom stereocenters. The van der Waals surface area contributed by atoms with Gasteiger partial charge in [-0.25, -0.2) is 9.65 Å². The van der Waals surface area contributed by atoms with Gasteiger partial charge in [-0.1, -0.05) is 32.0 Å². The first kappa shape index (κ1) is 17.0. The highest BCUT2D eigenvalue weighted by molar-refractivity contribution is 7.84. The maximum atomic E-state index is 12.1. The summed E-state index contributed by atoms with van der Waals surface area (Å²) in [6, 6.07) is 7.68. The van der Waals surface area contributed by atoms with Gasteiger partial charge in [-0.2, -0.15) is 0 Å². The van der Waals surface area contributed by atoms with Crippen molar-refractivity contribution in [1.82, 2.24) is 5.09 Å². The number of carbonyl (C=O) groups is 1. The highest BCUT2D eigenvalue weighted by Crippen LogP contribution is 2.48. The van der Waals surface area contributed by atoms with Crippen LogP contribution in [0.3, 0.4) is 0 Å². The molecule has 20 heavy (non-hydrogen) atoms. The van der Waals surface area contributed by atoms with Gasteiger partial charge in [-0.3, -0.25) is 4.79 Å². The topological polar surface area (TPSA) is 64.6 Å². The van der Waals surface area contributed by atoms with Gasteiger partial charge in [0, 0.05) is 11.2 Å². The minimum Gasteiger partial charge on any atom is -0.464 e. The number of carbonyl (C=O) groups excluding carboxylic acids is 1. The lowest BCUT2D eigenvalue weighted by molar-refractivity contribution is -0.146. The molecule has 0 saturated heterocycles. The molecule has 1 rings (SSSR count). The molecule has 0 aromatic heterocycles. The summed E-state index contributed by atoms with van der Waals surface area (Å²) in [5, 5.41) is 2.45. The molecule has 0 aliphatic heterocycles. The van der Waals surface area contributed by atoms with Crippen molar-refractivity contribution in [2.75, 3.05) is 6.61 Å². The fourth-order valence-corrected chi connectivity index (χ4v) is 2.99. The minimum absolute atomic E-state index is 0.231. The average Bonchev–Trinajstić information content (AvgIpc) is 2.35.